The van der Waals surface area contributed by atoms with Crippen molar-refractivity contribution in [3.05, 3.63) is 71.8 Å². The predicted octanol–water partition coefficient (Wildman–Crippen LogP) is 3.31. The van der Waals surface area contributed by atoms with Gasteiger partial charge in [-0.2, -0.15) is 0 Å². The van der Waals surface area contributed by atoms with E-state index in [0.29, 0.717) is 13.6 Å². The van der Waals surface area contributed by atoms with Crippen LogP contribution in [0.1, 0.15) is 24.5 Å². The van der Waals surface area contributed by atoms with Crippen molar-refractivity contribution in [1.29, 1.82) is 0 Å². The molecule has 24 heavy (non-hydrogen) atoms. The van der Waals surface area contributed by atoms with Crippen LogP contribution in [0.15, 0.2) is 65.7 Å². The average Bonchev–Trinajstić information content (AvgIpc) is 2.61. The van der Waals surface area contributed by atoms with Crippen LogP contribution >= 0.6 is 0 Å². The Kier molecular flexibility index (Phi) is 7.57. The molecular weight excluding hydrogens is 297 g/mol. The Labute approximate surface area is 144 Å². The van der Waals surface area contributed by atoms with Gasteiger partial charge in [-0.1, -0.05) is 0 Å². The van der Waals surface area contributed by atoms with E-state index < -0.39 is 6.10 Å². The fourth-order valence-corrected chi connectivity index (χ4v) is 2.87. The summed E-state index contributed by atoms with van der Waals surface area (Å²) in [5.74, 6) is 0.136. The predicted molar refractivity (Wildman–Crippen MR) is 98.8 cm³/mol. The molecule has 1 N–H and O–H groups in total. The van der Waals surface area contributed by atoms with E-state index in [2.05, 4.69) is 24.0 Å². The molecule has 3 nitrogen and oxygen atoms in total. The molecule has 0 radical (unpaired) electrons. The van der Waals surface area contributed by atoms with E-state index in [1.807, 2.05) is 48.5 Å². The van der Waals surface area contributed by atoms with E-state index in [1.165, 1.54) is 11.7 Å². The minimum atomic E-state index is -0.456. The van der Waals surface area contributed by atoms with Gasteiger partial charge in [-0.25, -0.2) is 0 Å². The molecule has 0 aromatic heterocycles. The number of hydrogen-bond donors (Lipinski definition) is 1. The quantitative estimate of drug-likeness (QED) is 0.569. The zero-order valence-electron chi connectivity index (χ0n) is 14.1. The van der Waals surface area contributed by atoms with Crippen LogP contribution in [0.4, 0.5) is 0 Å². The first-order chi connectivity index (χ1) is 11.7. The van der Waals surface area contributed by atoms with E-state index in [4.69, 9.17) is 0 Å². The Balaban J connectivity index is 1.96. The third-order valence-electron chi connectivity index (χ3n) is 4.24. The monoisotopic (exact) mass is 321 g/mol. The summed E-state index contributed by atoms with van der Waals surface area (Å²) in [6.45, 7) is 2.06. The maximum absolute atomic E-state index is 10.6. The summed E-state index contributed by atoms with van der Waals surface area (Å²) in [6, 6.07) is 20.1. The van der Waals surface area contributed by atoms with Gasteiger partial charge >= 0.3 is 144 Å². The molecule has 0 saturated carbocycles. The standard InChI is InChI=1S/C20H24BNO2/c1-16(12-17-8-4-2-5-9-17)20(23)14-19(22-15-21-24)13-18-10-6-3-7-11-18/h2-11,15-16,19-20,23H,12-14H2,1H3/b22-15-/t16-,19-,20-/m0/s1. The van der Waals surface area contributed by atoms with Gasteiger partial charge < -0.3 is 0 Å². The van der Waals surface area contributed by atoms with Crippen molar-refractivity contribution in [2.45, 2.75) is 38.3 Å². The van der Waals surface area contributed by atoms with Crippen molar-refractivity contribution >= 4 is 13.3 Å². The van der Waals surface area contributed by atoms with Gasteiger partial charge in [0, 0.05) is 0 Å². The Morgan fingerprint density at radius 2 is 1.54 bits per heavy atom. The van der Waals surface area contributed by atoms with Crippen LogP contribution < -0.4 is 0 Å². The zero-order chi connectivity index (χ0) is 17.2. The van der Waals surface area contributed by atoms with E-state index in [-0.39, 0.29) is 12.0 Å². The number of hydrogen-bond acceptors (Lipinski definition) is 3. The number of nitrogens with zero attached hydrogens (tertiary/aromatic N) is 1. The van der Waals surface area contributed by atoms with Gasteiger partial charge in [-0.05, 0) is 0 Å². The van der Waals surface area contributed by atoms with Crippen molar-refractivity contribution in [3.8, 4) is 0 Å². The van der Waals surface area contributed by atoms with Crippen molar-refractivity contribution in [3.63, 3.8) is 0 Å². The zero-order valence-corrected chi connectivity index (χ0v) is 14.1. The molecule has 0 aliphatic carbocycles. The summed E-state index contributed by atoms with van der Waals surface area (Å²) in [5, 5.41) is 10.6. The Morgan fingerprint density at radius 3 is 2.08 bits per heavy atom. The number of aliphatic hydroxyl groups is 1. The molecule has 3 atom stereocenters. The molecule has 0 aliphatic heterocycles. The summed E-state index contributed by atoms with van der Waals surface area (Å²) in [6.07, 6.45) is 2.94. The van der Waals surface area contributed by atoms with Gasteiger partial charge in [0.05, 0.1) is 0 Å². The molecule has 0 aliphatic rings. The van der Waals surface area contributed by atoms with Crippen molar-refractivity contribution < 1.29 is 9.81 Å². The molecule has 0 saturated heterocycles. The second kappa shape index (κ2) is 9.94. The molecule has 0 heterocycles. The molecular formula is C20H24BNO2. The summed E-state index contributed by atoms with van der Waals surface area (Å²) in [7, 11) is 0.692. The molecule has 0 bridgehead atoms. The third-order valence-corrected chi connectivity index (χ3v) is 4.24. The van der Waals surface area contributed by atoms with Crippen molar-refractivity contribution in [2.24, 2.45) is 10.9 Å². The van der Waals surface area contributed by atoms with Gasteiger partial charge in [-0.15, -0.1) is 0 Å². The van der Waals surface area contributed by atoms with Crippen molar-refractivity contribution in [2.75, 3.05) is 0 Å². The van der Waals surface area contributed by atoms with Crippen LogP contribution in [0.5, 0.6) is 0 Å². The fraction of sp³-hybridized carbons (Fsp3) is 0.350. The Morgan fingerprint density at radius 1 is 1.00 bits per heavy atom. The van der Waals surface area contributed by atoms with E-state index in [9.17, 15) is 9.81 Å². The van der Waals surface area contributed by atoms with Crippen molar-refractivity contribution in [1.82, 2.24) is 0 Å². The number of aliphatic imine (C=N–C) groups is 1. The number of benzene rings is 2. The molecule has 2 aromatic carbocycles. The van der Waals surface area contributed by atoms with Crippen LogP contribution in [-0.4, -0.2) is 30.5 Å². The van der Waals surface area contributed by atoms with E-state index in [0.717, 1.165) is 18.4 Å². The fourth-order valence-electron chi connectivity index (χ4n) is 2.87. The number of rotatable bonds is 9. The van der Waals surface area contributed by atoms with Crippen LogP contribution in [0, 0.1) is 5.92 Å². The molecule has 0 amide bonds. The second-order valence-electron chi connectivity index (χ2n) is 6.25. The average molecular weight is 321 g/mol. The maximum atomic E-state index is 10.6. The summed E-state index contributed by atoms with van der Waals surface area (Å²) in [4.78, 5) is 4.31. The van der Waals surface area contributed by atoms with Gasteiger partial charge in [0.2, 0.25) is 0 Å². The SMILES string of the molecule is C[C@@H](Cc1ccccc1)[C@@H](O)C[C@H](Cc1ccccc1)/N=C\B=O. The first-order valence-corrected chi connectivity index (χ1v) is 8.42. The van der Waals surface area contributed by atoms with Gasteiger partial charge in [0.15, 0.2) is 0 Å². The van der Waals surface area contributed by atoms with Gasteiger partial charge in [0.25, 0.3) is 0 Å². The molecule has 124 valence electrons. The molecule has 4 heteroatoms. The number of aliphatic hydroxyl groups excluding tert-OH is 1. The second-order valence-corrected chi connectivity index (χ2v) is 6.25. The minimum absolute atomic E-state index is 0.0918. The van der Waals surface area contributed by atoms with E-state index in [1.54, 1.807) is 0 Å². The van der Waals surface area contributed by atoms with Crippen LogP contribution in [-0.2, 0) is 17.5 Å². The van der Waals surface area contributed by atoms with Crippen LogP contribution in [0.3, 0.4) is 0 Å². The molecule has 0 spiro atoms. The van der Waals surface area contributed by atoms with Gasteiger partial charge in [0.1, 0.15) is 0 Å². The topological polar surface area (TPSA) is 49.7 Å². The first kappa shape index (κ1) is 18.3. The Hall–Kier alpha value is -2.07. The van der Waals surface area contributed by atoms with Crippen LogP contribution in [0.25, 0.3) is 0 Å². The first-order valence-electron chi connectivity index (χ1n) is 8.42. The van der Waals surface area contributed by atoms with E-state index >= 15 is 0 Å². The molecule has 2 rings (SSSR count). The van der Waals surface area contributed by atoms with Crippen LogP contribution in [0.2, 0.25) is 0 Å². The molecule has 0 unspecified atom stereocenters. The molecule has 2 aromatic rings. The summed E-state index contributed by atoms with van der Waals surface area (Å²) >= 11 is 0. The third kappa shape index (κ3) is 6.21. The normalized spacial score (nSPS) is 14.9. The van der Waals surface area contributed by atoms with Gasteiger partial charge in [-0.3, -0.25) is 0 Å². The Bertz CT molecular complexity index is 631. The summed E-state index contributed by atoms with van der Waals surface area (Å²) in [5.41, 5.74) is 2.38. The molecule has 0 fully saturated rings. The summed E-state index contributed by atoms with van der Waals surface area (Å²) < 4.78 is 10.6.